The number of aliphatic imine (C=N–C) groups is 1. The van der Waals surface area contributed by atoms with Crippen LogP contribution in [0.5, 0.6) is 0 Å². The lowest BCUT2D eigenvalue weighted by Crippen LogP contribution is -2.32. The molecule has 2 atom stereocenters. The van der Waals surface area contributed by atoms with Crippen molar-refractivity contribution in [3.8, 4) is 6.07 Å². The van der Waals surface area contributed by atoms with Gasteiger partial charge >= 0.3 is 6.18 Å². The minimum Gasteiger partial charge on any atom is -0.759 e. The van der Waals surface area contributed by atoms with E-state index in [4.69, 9.17) is 12.6 Å². The second-order valence-corrected chi connectivity index (χ2v) is 5.62. The first-order chi connectivity index (χ1) is 10.7. The molecule has 1 aromatic rings. The first-order valence-electron chi connectivity index (χ1n) is 6.71. The van der Waals surface area contributed by atoms with E-state index in [0.717, 1.165) is 6.07 Å². The van der Waals surface area contributed by atoms with Gasteiger partial charge in [-0.05, 0) is 25.5 Å². The Morgan fingerprint density at radius 3 is 2.48 bits per heavy atom. The summed E-state index contributed by atoms with van der Waals surface area (Å²) in [6.45, 7) is 2.81. The van der Waals surface area contributed by atoms with E-state index in [2.05, 4.69) is 4.99 Å². The molecule has 7 heteroatoms. The van der Waals surface area contributed by atoms with Crippen LogP contribution in [0.25, 0.3) is 0 Å². The highest BCUT2D eigenvalue weighted by atomic mass is 32.1. The lowest BCUT2D eigenvalue weighted by Gasteiger charge is -2.33. The predicted molar refractivity (Wildman–Crippen MR) is 81.5 cm³/mol. The van der Waals surface area contributed by atoms with Gasteiger partial charge in [-0.3, -0.25) is 9.79 Å². The zero-order valence-electron chi connectivity index (χ0n) is 12.3. The number of Topliss-reactive ketones (excluding diaryl/α,β-unsaturated/α-hetero) is 1. The topological polar surface area (TPSA) is 53.2 Å². The second-order valence-electron chi connectivity index (χ2n) is 5.23. The number of carbonyl (C=O) groups is 1. The van der Waals surface area contributed by atoms with E-state index in [1.807, 2.05) is 6.07 Å². The van der Waals surface area contributed by atoms with Crippen LogP contribution in [-0.4, -0.2) is 11.5 Å². The summed E-state index contributed by atoms with van der Waals surface area (Å²) in [5.41, 5.74) is -0.763. The molecule has 1 aromatic carbocycles. The molecule has 1 aliphatic heterocycles. The Labute approximate surface area is 136 Å². The van der Waals surface area contributed by atoms with E-state index in [1.165, 1.54) is 32.0 Å². The molecule has 0 amide bonds. The Morgan fingerprint density at radius 2 is 1.96 bits per heavy atom. The van der Waals surface area contributed by atoms with Crippen LogP contribution < -0.4 is 0 Å². The number of rotatable bonds is 2. The smallest absolute Gasteiger partial charge is 0.416 e. The summed E-state index contributed by atoms with van der Waals surface area (Å²) in [6.07, 6.45) is -4.59. The maximum Gasteiger partial charge on any atom is 0.416 e. The first kappa shape index (κ1) is 17.2. The summed E-state index contributed by atoms with van der Waals surface area (Å²) < 4.78 is 40.0. The highest BCUT2D eigenvalue weighted by molar-refractivity contribution is 7.63. The van der Waals surface area contributed by atoms with Gasteiger partial charge in [-0.15, -0.1) is 0 Å². The maximum absolute atomic E-state index is 13.3. The molecule has 0 bridgehead atoms. The molecule has 0 N–H and O–H groups in total. The van der Waals surface area contributed by atoms with Gasteiger partial charge in [0.05, 0.1) is 17.6 Å². The summed E-state index contributed by atoms with van der Waals surface area (Å²) >= 11 is 5.02. The fraction of sp³-hybridized carbons (Fsp3) is 0.312. The normalized spacial score (nSPS) is 21.7. The molecule has 120 valence electrons. The van der Waals surface area contributed by atoms with Crippen LogP contribution in [0.2, 0.25) is 0 Å². The molecule has 0 spiro atoms. The number of nitrogens with zero attached hydrogens (tertiary/aromatic N) is 2. The Kier molecular flexibility index (Phi) is 4.57. The summed E-state index contributed by atoms with van der Waals surface area (Å²) in [4.78, 5) is 16.0. The number of alkyl halides is 3. The molecular weight excluding hydrogens is 325 g/mol. The third-order valence-corrected chi connectivity index (χ3v) is 4.07. The average molecular weight is 337 g/mol. The summed E-state index contributed by atoms with van der Waals surface area (Å²) in [5, 5.41) is 9.27. The second kappa shape index (κ2) is 6.13. The third-order valence-electron chi connectivity index (χ3n) is 3.76. The molecule has 2 rings (SSSR count). The van der Waals surface area contributed by atoms with E-state index in [1.54, 1.807) is 0 Å². The van der Waals surface area contributed by atoms with Crippen molar-refractivity contribution < 1.29 is 18.0 Å². The predicted octanol–water partition coefficient (Wildman–Crippen LogP) is 3.75. The van der Waals surface area contributed by atoms with Crippen molar-refractivity contribution in [2.45, 2.75) is 25.9 Å². The molecule has 1 heterocycles. The molecule has 0 saturated heterocycles. The van der Waals surface area contributed by atoms with E-state index in [0.29, 0.717) is 5.71 Å². The number of ketones is 1. The molecule has 1 unspecified atom stereocenters. The average Bonchev–Trinajstić information content (AvgIpc) is 2.45. The van der Waals surface area contributed by atoms with Crippen LogP contribution >= 0.6 is 0 Å². The lowest BCUT2D eigenvalue weighted by atomic mass is 9.74. The van der Waals surface area contributed by atoms with Gasteiger partial charge in [0.15, 0.2) is 0 Å². The Balaban J connectivity index is 2.76. The molecule has 0 fully saturated rings. The number of halogens is 3. The van der Waals surface area contributed by atoms with Crippen molar-refractivity contribution in [3.63, 3.8) is 0 Å². The van der Waals surface area contributed by atoms with Crippen LogP contribution in [0, 0.1) is 17.2 Å². The highest BCUT2D eigenvalue weighted by Gasteiger charge is 2.41. The molecule has 3 nitrogen and oxygen atoms in total. The lowest BCUT2D eigenvalue weighted by molar-refractivity contribution is -0.138. The number of nitriles is 1. The molecule has 0 saturated carbocycles. The van der Waals surface area contributed by atoms with Crippen molar-refractivity contribution >= 4 is 24.1 Å². The van der Waals surface area contributed by atoms with Crippen LogP contribution in [0.3, 0.4) is 0 Å². The molecular formula is C16H12F3N2OS-. The van der Waals surface area contributed by atoms with Gasteiger partial charge in [-0.2, -0.15) is 18.4 Å². The zero-order valence-corrected chi connectivity index (χ0v) is 13.1. The van der Waals surface area contributed by atoms with E-state index < -0.39 is 23.6 Å². The van der Waals surface area contributed by atoms with Crippen molar-refractivity contribution in [1.82, 2.24) is 0 Å². The minimum atomic E-state index is -4.59. The van der Waals surface area contributed by atoms with Crippen LogP contribution in [-0.2, 0) is 23.6 Å². The number of hydrogen-bond acceptors (Lipinski definition) is 4. The van der Waals surface area contributed by atoms with Crippen LogP contribution in [0.15, 0.2) is 39.9 Å². The van der Waals surface area contributed by atoms with Crippen molar-refractivity contribution in [1.29, 1.82) is 5.26 Å². The van der Waals surface area contributed by atoms with Gasteiger partial charge in [0.2, 0.25) is 0 Å². The van der Waals surface area contributed by atoms with Crippen molar-refractivity contribution in [2.75, 3.05) is 0 Å². The molecule has 0 aliphatic carbocycles. The fourth-order valence-electron chi connectivity index (χ4n) is 2.84. The Morgan fingerprint density at radius 1 is 1.35 bits per heavy atom. The SMILES string of the molecule is CC(=O)C1C(C)=NC([S-])=C(C#N)[C@H]1c1ccccc1C(F)(F)F. The molecule has 0 radical (unpaired) electrons. The number of allylic oxidation sites excluding steroid dienone is 1. The summed E-state index contributed by atoms with van der Waals surface area (Å²) in [7, 11) is 0. The summed E-state index contributed by atoms with van der Waals surface area (Å²) in [6, 6.07) is 6.76. The van der Waals surface area contributed by atoms with Gasteiger partial charge in [-0.25, -0.2) is 0 Å². The molecule has 23 heavy (non-hydrogen) atoms. The monoisotopic (exact) mass is 337 g/mol. The van der Waals surface area contributed by atoms with Crippen molar-refractivity contribution in [2.24, 2.45) is 10.9 Å². The zero-order chi connectivity index (χ0) is 17.4. The van der Waals surface area contributed by atoms with Gasteiger partial charge in [0.1, 0.15) is 5.78 Å². The largest absolute Gasteiger partial charge is 0.759 e. The van der Waals surface area contributed by atoms with Gasteiger partial charge in [-0.1, -0.05) is 23.2 Å². The van der Waals surface area contributed by atoms with E-state index in [9.17, 15) is 23.2 Å². The molecule has 0 aromatic heterocycles. The van der Waals surface area contributed by atoms with E-state index >= 15 is 0 Å². The van der Waals surface area contributed by atoms with Crippen molar-refractivity contribution in [3.05, 3.63) is 46.0 Å². The van der Waals surface area contributed by atoms with Crippen LogP contribution in [0.1, 0.15) is 30.9 Å². The quantitative estimate of drug-likeness (QED) is 0.772. The van der Waals surface area contributed by atoms with Gasteiger partial charge in [0, 0.05) is 17.2 Å². The van der Waals surface area contributed by atoms with Gasteiger partial charge in [0.25, 0.3) is 0 Å². The third kappa shape index (κ3) is 3.13. The number of hydrogen-bond donors (Lipinski definition) is 0. The number of carbonyl (C=O) groups excluding carboxylic acids is 1. The maximum atomic E-state index is 13.3. The van der Waals surface area contributed by atoms with Gasteiger partial charge < -0.3 is 12.6 Å². The number of benzene rings is 1. The molecule has 1 aliphatic rings. The first-order valence-corrected chi connectivity index (χ1v) is 7.12. The Hall–Kier alpha value is -2.20. The standard InChI is InChI=1S/C16H13F3N2OS/c1-8-13(9(2)22)14(11(7-20)15(23)21-8)10-5-3-4-6-12(10)16(17,18)19/h3-6,13-14,23H,1-2H3/p-1/t13?,14-/m1/s1. The minimum absolute atomic E-state index is 0.0653. The summed E-state index contributed by atoms with van der Waals surface area (Å²) in [5.74, 6) is -2.36. The van der Waals surface area contributed by atoms with Crippen LogP contribution in [0.4, 0.5) is 13.2 Å². The van der Waals surface area contributed by atoms with E-state index in [-0.39, 0.29) is 21.9 Å². The highest BCUT2D eigenvalue weighted by Crippen LogP contribution is 2.43. The Bertz CT molecular complexity index is 759. The fourth-order valence-corrected chi connectivity index (χ4v) is 3.16.